The molecular weight excluding hydrogens is 350 g/mol. The van der Waals surface area contributed by atoms with Crippen LogP contribution in [-0.4, -0.2) is 0 Å². The number of nitrogens with zero attached hydrogens (tertiary/aromatic N) is 1. The fraction of sp³-hybridized carbons (Fsp3) is 0.393. The second-order valence-corrected chi connectivity index (χ2v) is 10.7. The smallest absolute Gasteiger partial charge is 0.194 e. The predicted octanol–water partition coefficient (Wildman–Crippen LogP) is 6.75. The van der Waals surface area contributed by atoms with Crippen LogP contribution < -0.4 is 4.57 Å². The molecule has 2 aromatic carbocycles. The Hall–Kier alpha value is -2.41. The molecule has 29 heavy (non-hydrogen) atoms. The molecule has 0 N–H and O–H groups in total. The Morgan fingerprint density at radius 2 is 1.41 bits per heavy atom. The highest BCUT2D eigenvalue weighted by Gasteiger charge is 2.37. The topological polar surface area (TPSA) is 3.88 Å². The van der Waals surface area contributed by atoms with Crippen molar-refractivity contribution in [3.05, 3.63) is 77.5 Å². The molecule has 150 valence electrons. The molecule has 0 amide bonds. The number of aryl methyl sites for hydroxylation is 1. The largest absolute Gasteiger partial charge is 0.216 e. The van der Waals surface area contributed by atoms with Gasteiger partial charge in [-0.25, -0.2) is 0 Å². The Bertz CT molecular complexity index is 1030. The SMILES string of the molecule is CC(C)(C)C[n+]1c(C(C)(C)C)cc(-c2ccccc2)c2c1-c1ccccc1CC2. The Balaban J connectivity index is 2.11. The summed E-state index contributed by atoms with van der Waals surface area (Å²) in [6, 6.07) is 22.4. The lowest BCUT2D eigenvalue weighted by Crippen LogP contribution is -2.50. The van der Waals surface area contributed by atoms with Gasteiger partial charge in [0.05, 0.1) is 0 Å². The maximum Gasteiger partial charge on any atom is 0.216 e. The van der Waals surface area contributed by atoms with Gasteiger partial charge in [0.15, 0.2) is 12.2 Å². The van der Waals surface area contributed by atoms with Gasteiger partial charge in [-0.3, -0.25) is 0 Å². The molecule has 0 radical (unpaired) electrons. The van der Waals surface area contributed by atoms with Crippen molar-refractivity contribution < 1.29 is 4.57 Å². The molecule has 0 unspecified atom stereocenters. The first kappa shape index (κ1) is 19.9. The lowest BCUT2D eigenvalue weighted by molar-refractivity contribution is -0.708. The summed E-state index contributed by atoms with van der Waals surface area (Å²) >= 11 is 0. The van der Waals surface area contributed by atoms with Gasteiger partial charge >= 0.3 is 0 Å². The van der Waals surface area contributed by atoms with Crippen LogP contribution in [0.3, 0.4) is 0 Å². The molecule has 1 aliphatic rings. The maximum atomic E-state index is 2.64. The van der Waals surface area contributed by atoms with Gasteiger partial charge in [-0.15, -0.1) is 0 Å². The molecule has 1 aromatic heterocycles. The van der Waals surface area contributed by atoms with E-state index in [0.717, 1.165) is 19.4 Å². The zero-order valence-corrected chi connectivity index (χ0v) is 18.8. The third-order valence-corrected chi connectivity index (χ3v) is 5.86. The first-order valence-corrected chi connectivity index (χ1v) is 10.9. The molecule has 0 aliphatic heterocycles. The molecule has 1 aliphatic carbocycles. The van der Waals surface area contributed by atoms with E-state index in [9.17, 15) is 0 Å². The quantitative estimate of drug-likeness (QED) is 0.430. The zero-order chi connectivity index (χ0) is 20.8. The van der Waals surface area contributed by atoms with Crippen LogP contribution in [0.4, 0.5) is 0 Å². The first-order chi connectivity index (χ1) is 13.6. The number of rotatable bonds is 2. The summed E-state index contributed by atoms with van der Waals surface area (Å²) in [4.78, 5) is 0. The van der Waals surface area contributed by atoms with Crippen molar-refractivity contribution in [3.63, 3.8) is 0 Å². The van der Waals surface area contributed by atoms with E-state index in [2.05, 4.69) is 107 Å². The molecule has 0 saturated heterocycles. The van der Waals surface area contributed by atoms with Crippen LogP contribution in [0, 0.1) is 5.41 Å². The van der Waals surface area contributed by atoms with Crippen LogP contribution in [0.15, 0.2) is 60.7 Å². The molecule has 1 heterocycles. The molecular formula is C28H34N+. The third-order valence-electron chi connectivity index (χ3n) is 5.86. The third kappa shape index (κ3) is 3.88. The first-order valence-electron chi connectivity index (χ1n) is 10.9. The van der Waals surface area contributed by atoms with E-state index in [-0.39, 0.29) is 10.8 Å². The highest BCUT2D eigenvalue weighted by atomic mass is 15.0. The van der Waals surface area contributed by atoms with Crippen LogP contribution >= 0.6 is 0 Å². The van der Waals surface area contributed by atoms with Gasteiger partial charge in [-0.2, -0.15) is 4.57 Å². The summed E-state index contributed by atoms with van der Waals surface area (Å²) in [5.74, 6) is 0. The maximum absolute atomic E-state index is 2.64. The standard InChI is InChI=1S/C28H34N/c1-27(2,3)19-29-25(28(4,5)6)18-24(20-12-8-7-9-13-20)23-17-16-21-14-10-11-15-22(21)26(23)29/h7-15,18H,16-17,19H2,1-6H3/q+1. The molecule has 0 atom stereocenters. The highest BCUT2D eigenvalue weighted by molar-refractivity contribution is 5.78. The molecule has 1 nitrogen and oxygen atoms in total. The van der Waals surface area contributed by atoms with Crippen LogP contribution in [0.5, 0.6) is 0 Å². The van der Waals surface area contributed by atoms with E-state index in [0.29, 0.717) is 0 Å². The van der Waals surface area contributed by atoms with E-state index < -0.39 is 0 Å². The lowest BCUT2D eigenvalue weighted by Gasteiger charge is -2.28. The summed E-state index contributed by atoms with van der Waals surface area (Å²) in [5, 5.41) is 0. The second kappa shape index (κ2) is 7.13. The van der Waals surface area contributed by atoms with Crippen molar-refractivity contribution in [1.29, 1.82) is 0 Å². The van der Waals surface area contributed by atoms with E-state index in [1.165, 1.54) is 39.2 Å². The van der Waals surface area contributed by atoms with Crippen molar-refractivity contribution in [1.82, 2.24) is 0 Å². The fourth-order valence-electron chi connectivity index (χ4n) is 4.64. The number of aromatic nitrogens is 1. The van der Waals surface area contributed by atoms with Gasteiger partial charge in [0, 0.05) is 28.0 Å². The number of benzene rings is 2. The Kier molecular flexibility index (Phi) is 4.89. The van der Waals surface area contributed by atoms with E-state index in [1.807, 2.05) is 0 Å². The number of pyridine rings is 1. The summed E-state index contributed by atoms with van der Waals surface area (Å²) in [5.41, 5.74) is 10.3. The van der Waals surface area contributed by atoms with Crippen molar-refractivity contribution in [2.24, 2.45) is 5.41 Å². The normalized spacial score (nSPS) is 13.7. The van der Waals surface area contributed by atoms with Crippen LogP contribution in [-0.2, 0) is 24.8 Å². The van der Waals surface area contributed by atoms with Crippen molar-refractivity contribution in [3.8, 4) is 22.4 Å². The fourth-order valence-corrected chi connectivity index (χ4v) is 4.64. The molecule has 1 heteroatoms. The minimum atomic E-state index is 0.0657. The van der Waals surface area contributed by atoms with E-state index >= 15 is 0 Å². The highest BCUT2D eigenvalue weighted by Crippen LogP contribution is 2.39. The number of fused-ring (bicyclic) bond motifs is 3. The van der Waals surface area contributed by atoms with Crippen molar-refractivity contribution >= 4 is 0 Å². The second-order valence-electron chi connectivity index (χ2n) is 10.7. The molecule has 4 rings (SSSR count). The van der Waals surface area contributed by atoms with Gasteiger partial charge in [-0.1, -0.05) is 90.1 Å². The van der Waals surface area contributed by atoms with Gasteiger partial charge < -0.3 is 0 Å². The lowest BCUT2D eigenvalue weighted by atomic mass is 9.80. The monoisotopic (exact) mass is 384 g/mol. The summed E-state index contributed by atoms with van der Waals surface area (Å²) in [6.07, 6.45) is 2.22. The van der Waals surface area contributed by atoms with Crippen LogP contribution in [0.2, 0.25) is 0 Å². The van der Waals surface area contributed by atoms with Gasteiger partial charge in [-0.05, 0) is 35.6 Å². The molecule has 0 saturated carbocycles. The van der Waals surface area contributed by atoms with E-state index in [1.54, 1.807) is 0 Å². The average Bonchev–Trinajstić information content (AvgIpc) is 2.66. The average molecular weight is 385 g/mol. The van der Waals surface area contributed by atoms with Crippen molar-refractivity contribution in [2.45, 2.75) is 66.3 Å². The molecule has 0 spiro atoms. The van der Waals surface area contributed by atoms with Gasteiger partial charge in [0.25, 0.3) is 0 Å². The van der Waals surface area contributed by atoms with E-state index in [4.69, 9.17) is 0 Å². The van der Waals surface area contributed by atoms with Gasteiger partial charge in [0.1, 0.15) is 0 Å². The Morgan fingerprint density at radius 1 is 0.759 bits per heavy atom. The summed E-state index contributed by atoms with van der Waals surface area (Å²) < 4.78 is 2.64. The number of hydrogen-bond donors (Lipinski definition) is 0. The minimum Gasteiger partial charge on any atom is -0.194 e. The molecule has 3 aromatic rings. The van der Waals surface area contributed by atoms with Crippen LogP contribution in [0.1, 0.15) is 58.4 Å². The molecule has 0 fully saturated rings. The van der Waals surface area contributed by atoms with Crippen LogP contribution in [0.25, 0.3) is 22.4 Å². The molecule has 0 bridgehead atoms. The zero-order valence-electron chi connectivity index (χ0n) is 18.8. The van der Waals surface area contributed by atoms with Gasteiger partial charge in [0.2, 0.25) is 5.69 Å². The predicted molar refractivity (Wildman–Crippen MR) is 123 cm³/mol. The number of hydrogen-bond acceptors (Lipinski definition) is 0. The Morgan fingerprint density at radius 3 is 2.07 bits per heavy atom. The summed E-state index contributed by atoms with van der Waals surface area (Å²) in [7, 11) is 0. The Labute approximate surface area is 176 Å². The van der Waals surface area contributed by atoms with Crippen molar-refractivity contribution in [2.75, 3.05) is 0 Å². The summed E-state index contributed by atoms with van der Waals surface area (Å²) in [6.45, 7) is 15.1. The minimum absolute atomic E-state index is 0.0657.